The molecule has 0 aliphatic rings. The van der Waals surface area contributed by atoms with Crippen LogP contribution < -0.4 is 14.2 Å². The molecule has 1 aromatic carbocycles. The van der Waals surface area contributed by atoms with E-state index in [2.05, 4.69) is 18.0 Å². The number of benzene rings is 1. The van der Waals surface area contributed by atoms with Gasteiger partial charge in [-0.05, 0) is 25.5 Å². The van der Waals surface area contributed by atoms with E-state index in [1.165, 1.54) is 5.56 Å². The van der Waals surface area contributed by atoms with Crippen molar-refractivity contribution in [3.05, 3.63) is 47.3 Å². The molecule has 1 heterocycles. The molecule has 0 bridgehead atoms. The van der Waals surface area contributed by atoms with Gasteiger partial charge in [-0.1, -0.05) is 17.7 Å². The first kappa shape index (κ1) is 14.2. The number of nitrogens with zero attached hydrogens (tertiary/aromatic N) is 1. The first-order chi connectivity index (χ1) is 9.65. The Labute approximate surface area is 119 Å². The van der Waals surface area contributed by atoms with Crippen LogP contribution in [0.4, 0.5) is 0 Å². The predicted octanol–water partition coefficient (Wildman–Crippen LogP) is 3.29. The standard InChI is InChI=1S/C16H19NO3/c1-11-5-6-14(12(2)9-11)20-10-13-16(19-4)15(18-3)7-8-17-13/h5-9H,10H2,1-4H3. The van der Waals surface area contributed by atoms with E-state index in [1.54, 1.807) is 26.5 Å². The quantitative estimate of drug-likeness (QED) is 0.838. The van der Waals surface area contributed by atoms with Gasteiger partial charge in [0, 0.05) is 12.3 Å². The summed E-state index contributed by atoms with van der Waals surface area (Å²) in [7, 11) is 3.20. The van der Waals surface area contributed by atoms with Crippen LogP contribution >= 0.6 is 0 Å². The van der Waals surface area contributed by atoms with Gasteiger partial charge in [0.05, 0.1) is 14.2 Å². The van der Waals surface area contributed by atoms with Crippen LogP contribution in [0.25, 0.3) is 0 Å². The van der Waals surface area contributed by atoms with E-state index in [4.69, 9.17) is 14.2 Å². The molecule has 0 atom stereocenters. The summed E-state index contributed by atoms with van der Waals surface area (Å²) in [5.41, 5.74) is 3.03. The smallest absolute Gasteiger partial charge is 0.185 e. The molecule has 0 aliphatic carbocycles. The number of rotatable bonds is 5. The van der Waals surface area contributed by atoms with Gasteiger partial charge >= 0.3 is 0 Å². The maximum Gasteiger partial charge on any atom is 0.185 e. The average Bonchev–Trinajstić information content (AvgIpc) is 2.45. The summed E-state index contributed by atoms with van der Waals surface area (Å²) in [5, 5.41) is 0. The molecule has 106 valence electrons. The number of aryl methyl sites for hydroxylation is 2. The van der Waals surface area contributed by atoms with Crippen LogP contribution in [0.3, 0.4) is 0 Å². The zero-order valence-corrected chi connectivity index (χ0v) is 12.3. The van der Waals surface area contributed by atoms with Crippen molar-refractivity contribution in [3.63, 3.8) is 0 Å². The lowest BCUT2D eigenvalue weighted by molar-refractivity contribution is 0.283. The van der Waals surface area contributed by atoms with E-state index < -0.39 is 0 Å². The van der Waals surface area contributed by atoms with Crippen LogP contribution in [0.1, 0.15) is 16.8 Å². The fraction of sp³-hybridized carbons (Fsp3) is 0.312. The molecule has 0 radical (unpaired) electrons. The fourth-order valence-electron chi connectivity index (χ4n) is 2.06. The molecule has 0 N–H and O–H groups in total. The van der Waals surface area contributed by atoms with Gasteiger partial charge in [-0.15, -0.1) is 0 Å². The normalized spacial score (nSPS) is 10.2. The third kappa shape index (κ3) is 3.02. The second kappa shape index (κ2) is 6.28. The van der Waals surface area contributed by atoms with Crippen molar-refractivity contribution < 1.29 is 14.2 Å². The lowest BCUT2D eigenvalue weighted by atomic mass is 10.1. The highest BCUT2D eigenvalue weighted by molar-refractivity contribution is 5.43. The number of pyridine rings is 1. The van der Waals surface area contributed by atoms with E-state index >= 15 is 0 Å². The molecular formula is C16H19NO3. The molecule has 0 aliphatic heterocycles. The molecule has 0 fully saturated rings. The Bertz CT molecular complexity index is 596. The van der Waals surface area contributed by atoms with Gasteiger partial charge in [-0.25, -0.2) is 0 Å². The minimum Gasteiger partial charge on any atom is -0.493 e. The molecule has 0 saturated carbocycles. The molecular weight excluding hydrogens is 254 g/mol. The van der Waals surface area contributed by atoms with Gasteiger partial charge in [-0.2, -0.15) is 0 Å². The van der Waals surface area contributed by atoms with Gasteiger partial charge in [-0.3, -0.25) is 4.98 Å². The Balaban J connectivity index is 2.18. The third-order valence-corrected chi connectivity index (χ3v) is 3.06. The Kier molecular flexibility index (Phi) is 4.45. The maximum absolute atomic E-state index is 5.82. The second-order valence-corrected chi connectivity index (χ2v) is 4.55. The number of aromatic nitrogens is 1. The van der Waals surface area contributed by atoms with E-state index in [0.717, 1.165) is 11.3 Å². The Hall–Kier alpha value is -2.23. The van der Waals surface area contributed by atoms with E-state index in [0.29, 0.717) is 23.8 Å². The summed E-state index contributed by atoms with van der Waals surface area (Å²) in [6, 6.07) is 7.85. The highest BCUT2D eigenvalue weighted by atomic mass is 16.5. The maximum atomic E-state index is 5.82. The predicted molar refractivity (Wildman–Crippen MR) is 77.6 cm³/mol. The third-order valence-electron chi connectivity index (χ3n) is 3.06. The minimum absolute atomic E-state index is 0.338. The van der Waals surface area contributed by atoms with Crippen LogP contribution in [-0.4, -0.2) is 19.2 Å². The topological polar surface area (TPSA) is 40.6 Å². The van der Waals surface area contributed by atoms with Crippen molar-refractivity contribution in [2.45, 2.75) is 20.5 Å². The second-order valence-electron chi connectivity index (χ2n) is 4.55. The van der Waals surface area contributed by atoms with Crippen molar-refractivity contribution >= 4 is 0 Å². The average molecular weight is 273 g/mol. The van der Waals surface area contributed by atoms with Crippen LogP contribution in [0, 0.1) is 13.8 Å². The molecule has 0 saturated heterocycles. The van der Waals surface area contributed by atoms with Gasteiger partial charge in [0.1, 0.15) is 18.1 Å². The van der Waals surface area contributed by atoms with Crippen molar-refractivity contribution in [1.29, 1.82) is 0 Å². The zero-order chi connectivity index (χ0) is 14.5. The molecule has 2 rings (SSSR count). The van der Waals surface area contributed by atoms with Crippen molar-refractivity contribution in [3.8, 4) is 17.2 Å². The lowest BCUT2D eigenvalue weighted by Gasteiger charge is -2.13. The van der Waals surface area contributed by atoms with Crippen LogP contribution in [-0.2, 0) is 6.61 Å². The number of hydrogen-bond donors (Lipinski definition) is 0. The summed E-state index contributed by atoms with van der Waals surface area (Å²) >= 11 is 0. The SMILES string of the molecule is COc1ccnc(COc2ccc(C)cc2C)c1OC. The molecule has 0 spiro atoms. The van der Waals surface area contributed by atoms with Crippen LogP contribution in [0.15, 0.2) is 30.5 Å². The first-order valence-corrected chi connectivity index (χ1v) is 6.41. The van der Waals surface area contributed by atoms with Gasteiger partial charge in [0.2, 0.25) is 0 Å². The van der Waals surface area contributed by atoms with Crippen molar-refractivity contribution in [1.82, 2.24) is 4.98 Å². The van der Waals surface area contributed by atoms with Crippen LogP contribution in [0.5, 0.6) is 17.2 Å². The minimum atomic E-state index is 0.338. The molecule has 2 aromatic rings. The van der Waals surface area contributed by atoms with E-state index in [9.17, 15) is 0 Å². The monoisotopic (exact) mass is 273 g/mol. The molecule has 1 aromatic heterocycles. The fourth-order valence-corrected chi connectivity index (χ4v) is 2.06. The number of hydrogen-bond acceptors (Lipinski definition) is 4. The zero-order valence-electron chi connectivity index (χ0n) is 12.3. The summed E-state index contributed by atoms with van der Waals surface area (Å²) in [6.45, 7) is 4.42. The lowest BCUT2D eigenvalue weighted by Crippen LogP contribution is -2.03. The van der Waals surface area contributed by atoms with E-state index in [1.807, 2.05) is 19.1 Å². The number of ether oxygens (including phenoxy) is 3. The van der Waals surface area contributed by atoms with Gasteiger partial charge in [0.15, 0.2) is 11.5 Å². The molecule has 4 heteroatoms. The molecule has 0 amide bonds. The highest BCUT2D eigenvalue weighted by Crippen LogP contribution is 2.30. The summed E-state index contributed by atoms with van der Waals surface area (Å²) in [4.78, 5) is 4.29. The Morgan fingerprint density at radius 3 is 2.45 bits per heavy atom. The van der Waals surface area contributed by atoms with Gasteiger partial charge < -0.3 is 14.2 Å². The Morgan fingerprint density at radius 1 is 1.00 bits per heavy atom. The first-order valence-electron chi connectivity index (χ1n) is 6.41. The summed E-state index contributed by atoms with van der Waals surface area (Å²) in [5.74, 6) is 2.11. The molecule has 0 unspecified atom stereocenters. The molecule has 4 nitrogen and oxygen atoms in total. The van der Waals surface area contributed by atoms with Crippen molar-refractivity contribution in [2.24, 2.45) is 0 Å². The van der Waals surface area contributed by atoms with Gasteiger partial charge in [0.25, 0.3) is 0 Å². The Morgan fingerprint density at radius 2 is 1.80 bits per heavy atom. The van der Waals surface area contributed by atoms with Crippen LogP contribution in [0.2, 0.25) is 0 Å². The molecule has 20 heavy (non-hydrogen) atoms. The largest absolute Gasteiger partial charge is 0.493 e. The van der Waals surface area contributed by atoms with Crippen molar-refractivity contribution in [2.75, 3.05) is 14.2 Å². The van der Waals surface area contributed by atoms with E-state index in [-0.39, 0.29) is 0 Å². The number of methoxy groups -OCH3 is 2. The summed E-state index contributed by atoms with van der Waals surface area (Å²) in [6.07, 6.45) is 1.68. The highest BCUT2D eigenvalue weighted by Gasteiger charge is 2.12. The summed E-state index contributed by atoms with van der Waals surface area (Å²) < 4.78 is 16.4.